The van der Waals surface area contributed by atoms with Crippen molar-refractivity contribution in [2.24, 2.45) is 0 Å². The SMILES string of the molecule is O=C(O)c1ccc(C2CC(O)NN2)cc1. The monoisotopic (exact) mass is 208 g/mol. The summed E-state index contributed by atoms with van der Waals surface area (Å²) in [5.74, 6) is -0.931. The Morgan fingerprint density at radius 1 is 1.27 bits per heavy atom. The molecule has 2 atom stereocenters. The average Bonchev–Trinajstić information content (AvgIpc) is 2.65. The lowest BCUT2D eigenvalue weighted by molar-refractivity contribution is 0.0697. The molecule has 0 aliphatic carbocycles. The van der Waals surface area contributed by atoms with E-state index in [1.54, 1.807) is 24.3 Å². The minimum Gasteiger partial charge on any atom is -0.478 e. The second-order valence-electron chi connectivity index (χ2n) is 3.52. The quantitative estimate of drug-likeness (QED) is 0.560. The molecule has 1 aliphatic heterocycles. The van der Waals surface area contributed by atoms with Crippen molar-refractivity contribution < 1.29 is 15.0 Å². The molecule has 1 fully saturated rings. The molecule has 4 N–H and O–H groups in total. The minimum absolute atomic E-state index is 0.0304. The van der Waals surface area contributed by atoms with E-state index < -0.39 is 12.2 Å². The van der Waals surface area contributed by atoms with Gasteiger partial charge in [0.1, 0.15) is 6.23 Å². The molecule has 1 saturated heterocycles. The summed E-state index contributed by atoms with van der Waals surface area (Å²) in [5, 5.41) is 18.0. The van der Waals surface area contributed by atoms with Gasteiger partial charge in [0.05, 0.1) is 11.6 Å². The molecule has 80 valence electrons. The zero-order valence-electron chi connectivity index (χ0n) is 7.97. The number of hydrogen-bond acceptors (Lipinski definition) is 4. The van der Waals surface area contributed by atoms with E-state index in [9.17, 15) is 9.90 Å². The first-order valence-corrected chi connectivity index (χ1v) is 4.69. The van der Waals surface area contributed by atoms with Crippen LogP contribution in [0.1, 0.15) is 28.4 Å². The summed E-state index contributed by atoms with van der Waals surface area (Å²) in [4.78, 5) is 10.6. The van der Waals surface area contributed by atoms with Gasteiger partial charge in [-0.25, -0.2) is 15.6 Å². The zero-order chi connectivity index (χ0) is 10.8. The van der Waals surface area contributed by atoms with E-state index in [0.29, 0.717) is 6.42 Å². The third-order valence-electron chi connectivity index (χ3n) is 2.44. The summed E-state index contributed by atoms with van der Waals surface area (Å²) in [7, 11) is 0. The van der Waals surface area contributed by atoms with Crippen LogP contribution in [-0.4, -0.2) is 22.4 Å². The lowest BCUT2D eigenvalue weighted by Crippen LogP contribution is -2.30. The van der Waals surface area contributed by atoms with Crippen LogP contribution in [0.5, 0.6) is 0 Å². The molecule has 1 aliphatic rings. The second-order valence-corrected chi connectivity index (χ2v) is 3.52. The first kappa shape index (κ1) is 10.1. The summed E-state index contributed by atoms with van der Waals surface area (Å²) in [6.45, 7) is 0. The van der Waals surface area contributed by atoms with Gasteiger partial charge in [-0.1, -0.05) is 12.1 Å². The molecule has 1 aromatic rings. The van der Waals surface area contributed by atoms with Gasteiger partial charge in [0, 0.05) is 6.42 Å². The molecule has 0 spiro atoms. The molecule has 2 rings (SSSR count). The fraction of sp³-hybridized carbons (Fsp3) is 0.300. The normalized spacial score (nSPS) is 25.4. The zero-order valence-corrected chi connectivity index (χ0v) is 7.97. The van der Waals surface area contributed by atoms with Crippen LogP contribution in [0, 0.1) is 0 Å². The number of aromatic carboxylic acids is 1. The van der Waals surface area contributed by atoms with Crippen LogP contribution in [0.25, 0.3) is 0 Å². The van der Waals surface area contributed by atoms with Gasteiger partial charge in [-0.3, -0.25) is 0 Å². The maximum absolute atomic E-state index is 10.6. The summed E-state index contributed by atoms with van der Waals surface area (Å²) in [5.41, 5.74) is 6.85. The molecule has 0 saturated carbocycles. The molecule has 0 amide bonds. The van der Waals surface area contributed by atoms with Crippen LogP contribution >= 0.6 is 0 Å². The van der Waals surface area contributed by atoms with E-state index in [2.05, 4.69) is 10.9 Å². The highest BCUT2D eigenvalue weighted by Crippen LogP contribution is 2.21. The molecule has 5 heteroatoms. The van der Waals surface area contributed by atoms with Crippen LogP contribution in [-0.2, 0) is 0 Å². The molecule has 1 heterocycles. The van der Waals surface area contributed by atoms with E-state index in [-0.39, 0.29) is 11.6 Å². The fourth-order valence-electron chi connectivity index (χ4n) is 1.62. The summed E-state index contributed by atoms with van der Waals surface area (Å²) < 4.78 is 0. The molecule has 0 radical (unpaired) electrons. The first-order chi connectivity index (χ1) is 7.16. The summed E-state index contributed by atoms with van der Waals surface area (Å²) in [6.07, 6.45) is 0.0287. The molecule has 0 bridgehead atoms. The number of hydrogen-bond donors (Lipinski definition) is 4. The van der Waals surface area contributed by atoms with Gasteiger partial charge >= 0.3 is 5.97 Å². The molecule has 15 heavy (non-hydrogen) atoms. The Morgan fingerprint density at radius 2 is 1.93 bits per heavy atom. The van der Waals surface area contributed by atoms with Gasteiger partial charge < -0.3 is 10.2 Å². The predicted octanol–water partition coefficient (Wildman–Crippen LogP) is 0.242. The van der Waals surface area contributed by atoms with E-state index in [1.807, 2.05) is 0 Å². The third kappa shape index (κ3) is 2.15. The molecule has 0 aromatic heterocycles. The van der Waals surface area contributed by atoms with Gasteiger partial charge in [-0.05, 0) is 17.7 Å². The minimum atomic E-state index is -0.931. The lowest BCUT2D eigenvalue weighted by Gasteiger charge is -2.09. The number of rotatable bonds is 2. The molecule has 2 unspecified atom stereocenters. The van der Waals surface area contributed by atoms with Crippen molar-refractivity contribution in [3.63, 3.8) is 0 Å². The van der Waals surface area contributed by atoms with Crippen molar-refractivity contribution in [3.8, 4) is 0 Å². The van der Waals surface area contributed by atoms with Gasteiger partial charge in [-0.15, -0.1) is 0 Å². The summed E-state index contributed by atoms with van der Waals surface area (Å²) in [6, 6.07) is 6.65. The second kappa shape index (κ2) is 3.98. The Hall–Kier alpha value is -1.43. The number of nitrogens with one attached hydrogen (secondary N) is 2. The van der Waals surface area contributed by atoms with Crippen LogP contribution in [0.15, 0.2) is 24.3 Å². The number of benzene rings is 1. The van der Waals surface area contributed by atoms with Gasteiger partial charge in [0.25, 0.3) is 0 Å². The maximum Gasteiger partial charge on any atom is 0.335 e. The third-order valence-corrected chi connectivity index (χ3v) is 2.44. The van der Waals surface area contributed by atoms with Gasteiger partial charge in [0.2, 0.25) is 0 Å². The number of carboxylic acids is 1. The van der Waals surface area contributed by atoms with E-state index in [1.165, 1.54) is 0 Å². The fourth-order valence-corrected chi connectivity index (χ4v) is 1.62. The Balaban J connectivity index is 2.13. The van der Waals surface area contributed by atoms with Crippen LogP contribution in [0.2, 0.25) is 0 Å². The Kier molecular flexibility index (Phi) is 2.68. The number of carboxylic acid groups (broad SMARTS) is 1. The highest BCUT2D eigenvalue weighted by Gasteiger charge is 2.22. The Labute approximate surface area is 86.7 Å². The summed E-state index contributed by atoms with van der Waals surface area (Å²) >= 11 is 0. The molecular weight excluding hydrogens is 196 g/mol. The van der Waals surface area contributed by atoms with Crippen molar-refractivity contribution in [1.82, 2.24) is 10.9 Å². The van der Waals surface area contributed by atoms with Crippen molar-refractivity contribution in [2.75, 3.05) is 0 Å². The number of aliphatic hydroxyl groups is 1. The molecular formula is C10H12N2O3. The largest absolute Gasteiger partial charge is 0.478 e. The maximum atomic E-state index is 10.6. The first-order valence-electron chi connectivity index (χ1n) is 4.69. The average molecular weight is 208 g/mol. The highest BCUT2D eigenvalue weighted by molar-refractivity contribution is 5.87. The van der Waals surface area contributed by atoms with Crippen LogP contribution in [0.3, 0.4) is 0 Å². The predicted molar refractivity (Wildman–Crippen MR) is 53.0 cm³/mol. The van der Waals surface area contributed by atoms with Crippen LogP contribution in [0.4, 0.5) is 0 Å². The van der Waals surface area contributed by atoms with Crippen molar-refractivity contribution in [3.05, 3.63) is 35.4 Å². The number of carbonyl (C=O) groups is 1. The number of aliphatic hydroxyl groups excluding tert-OH is 1. The van der Waals surface area contributed by atoms with Crippen molar-refractivity contribution in [2.45, 2.75) is 18.7 Å². The standard InChI is InChI=1S/C10H12N2O3/c13-9-5-8(11-12-9)6-1-3-7(4-2-6)10(14)15/h1-4,8-9,11-13H,5H2,(H,14,15). The van der Waals surface area contributed by atoms with Crippen LogP contribution < -0.4 is 10.9 Å². The Bertz CT molecular complexity index is 363. The highest BCUT2D eigenvalue weighted by atomic mass is 16.4. The molecule has 1 aromatic carbocycles. The number of hydrazine groups is 1. The molecule has 5 nitrogen and oxygen atoms in total. The lowest BCUT2D eigenvalue weighted by atomic mass is 10.0. The van der Waals surface area contributed by atoms with Crippen molar-refractivity contribution >= 4 is 5.97 Å². The van der Waals surface area contributed by atoms with Gasteiger partial charge in [0.15, 0.2) is 0 Å². The van der Waals surface area contributed by atoms with Gasteiger partial charge in [-0.2, -0.15) is 0 Å². The topological polar surface area (TPSA) is 81.6 Å². The van der Waals surface area contributed by atoms with E-state index in [0.717, 1.165) is 5.56 Å². The Morgan fingerprint density at radius 3 is 2.40 bits per heavy atom. The smallest absolute Gasteiger partial charge is 0.335 e. The van der Waals surface area contributed by atoms with E-state index >= 15 is 0 Å². The van der Waals surface area contributed by atoms with E-state index in [4.69, 9.17) is 5.11 Å². The van der Waals surface area contributed by atoms with Crippen molar-refractivity contribution in [1.29, 1.82) is 0 Å².